The van der Waals surface area contributed by atoms with Gasteiger partial charge in [-0.15, -0.1) is 5.39 Å². The van der Waals surface area contributed by atoms with Gasteiger partial charge >= 0.3 is 0 Å². The van der Waals surface area contributed by atoms with E-state index in [1.54, 1.807) is 0 Å². The molecule has 2 rings (SSSR count). The van der Waals surface area contributed by atoms with Crippen molar-refractivity contribution in [1.82, 2.24) is 5.39 Å². The Kier molecular flexibility index (Phi) is 5.18. The van der Waals surface area contributed by atoms with Crippen molar-refractivity contribution in [3.63, 3.8) is 0 Å². The van der Waals surface area contributed by atoms with Crippen LogP contribution in [-0.2, 0) is 9.68 Å². The molecule has 2 aliphatic rings. The molecule has 0 amide bonds. The first-order chi connectivity index (χ1) is 8.63. The van der Waals surface area contributed by atoms with Gasteiger partial charge < -0.3 is 5.21 Å². The summed E-state index contributed by atoms with van der Waals surface area (Å²) >= 11 is 0. The second-order valence-electron chi connectivity index (χ2n) is 5.79. The lowest BCUT2D eigenvalue weighted by atomic mass is 9.89. The van der Waals surface area contributed by atoms with E-state index in [-0.39, 0.29) is 12.2 Å². The van der Waals surface area contributed by atoms with Crippen LogP contribution in [0.25, 0.3) is 0 Å². The lowest BCUT2D eigenvalue weighted by Gasteiger charge is -2.36. The minimum absolute atomic E-state index is 0.0326. The number of nitrogens with zero attached hydrogens (tertiary/aromatic N) is 1. The van der Waals surface area contributed by atoms with Crippen LogP contribution in [0.4, 0.5) is 0 Å². The number of hydrogen-bond donors (Lipinski definition) is 0. The van der Waals surface area contributed by atoms with Gasteiger partial charge in [-0.05, 0) is 50.4 Å². The Bertz CT molecular complexity index is 274. The molecule has 2 aliphatic carbocycles. The normalized spacial score (nSPS) is 37.1. The molecular formula is C14H24NO3-. The van der Waals surface area contributed by atoms with Crippen LogP contribution in [0, 0.1) is 17.0 Å². The molecule has 0 heterocycles. The average molecular weight is 254 g/mol. The monoisotopic (exact) mass is 254 g/mol. The van der Waals surface area contributed by atoms with Crippen LogP contribution in [0.1, 0.15) is 52.4 Å². The third kappa shape index (κ3) is 4.35. The molecule has 4 nitrogen and oxygen atoms in total. The zero-order valence-corrected chi connectivity index (χ0v) is 11.4. The van der Waals surface area contributed by atoms with E-state index in [9.17, 15) is 5.21 Å². The molecule has 0 spiro atoms. The summed E-state index contributed by atoms with van der Waals surface area (Å²) in [5.74, 6) is 1.35. The van der Waals surface area contributed by atoms with E-state index in [1.165, 1.54) is 0 Å². The van der Waals surface area contributed by atoms with Crippen molar-refractivity contribution in [2.24, 2.45) is 11.8 Å². The lowest BCUT2D eigenvalue weighted by Crippen LogP contribution is -2.32. The fourth-order valence-corrected chi connectivity index (χ4v) is 2.61. The molecule has 0 radical (unpaired) electrons. The van der Waals surface area contributed by atoms with Crippen LogP contribution in [0.5, 0.6) is 0 Å². The zero-order valence-electron chi connectivity index (χ0n) is 11.4. The minimum Gasteiger partial charge on any atom is -0.738 e. The van der Waals surface area contributed by atoms with Gasteiger partial charge in [-0.1, -0.05) is 26.0 Å². The van der Waals surface area contributed by atoms with Gasteiger partial charge in [0.25, 0.3) is 0 Å². The Labute approximate surface area is 109 Å². The summed E-state index contributed by atoms with van der Waals surface area (Å²) in [6, 6.07) is 0. The molecule has 0 aliphatic heterocycles. The van der Waals surface area contributed by atoms with Gasteiger partial charge in [0.1, 0.15) is 0 Å². The molecule has 0 aromatic heterocycles. The predicted molar refractivity (Wildman–Crippen MR) is 70.1 cm³/mol. The summed E-state index contributed by atoms with van der Waals surface area (Å²) < 4.78 is 0. The summed E-state index contributed by atoms with van der Waals surface area (Å²) in [4.78, 5) is 10.5. The van der Waals surface area contributed by atoms with Crippen LogP contribution in [0.15, 0.2) is 12.2 Å². The molecule has 0 bridgehead atoms. The van der Waals surface area contributed by atoms with Gasteiger partial charge in [-0.3, -0.25) is 9.68 Å². The largest absolute Gasteiger partial charge is 0.738 e. The van der Waals surface area contributed by atoms with E-state index in [0.29, 0.717) is 11.3 Å². The quantitative estimate of drug-likeness (QED) is 0.568. The van der Waals surface area contributed by atoms with Gasteiger partial charge in [0.15, 0.2) is 0 Å². The van der Waals surface area contributed by atoms with Gasteiger partial charge in [-0.2, -0.15) is 0 Å². The highest BCUT2D eigenvalue weighted by molar-refractivity contribution is 4.97. The molecule has 104 valence electrons. The van der Waals surface area contributed by atoms with Gasteiger partial charge in [0.2, 0.25) is 0 Å². The van der Waals surface area contributed by atoms with Crippen molar-refractivity contribution >= 4 is 0 Å². The third-order valence-corrected chi connectivity index (χ3v) is 3.98. The second kappa shape index (κ2) is 6.66. The van der Waals surface area contributed by atoms with Crippen molar-refractivity contribution in [2.75, 3.05) is 0 Å². The highest BCUT2D eigenvalue weighted by Gasteiger charge is 2.21. The van der Waals surface area contributed by atoms with Crippen LogP contribution >= 0.6 is 0 Å². The zero-order chi connectivity index (χ0) is 13.0. The first kappa shape index (κ1) is 14.0. The van der Waals surface area contributed by atoms with Crippen molar-refractivity contribution in [3.8, 4) is 0 Å². The predicted octanol–water partition coefficient (Wildman–Crippen LogP) is 3.58. The van der Waals surface area contributed by atoms with Crippen LogP contribution in [0.2, 0.25) is 0 Å². The Morgan fingerprint density at radius 1 is 0.944 bits per heavy atom. The molecule has 1 saturated carbocycles. The molecule has 0 saturated heterocycles. The molecule has 0 aromatic carbocycles. The number of rotatable bonds is 4. The van der Waals surface area contributed by atoms with Crippen molar-refractivity contribution in [2.45, 2.75) is 64.6 Å². The first-order valence-electron chi connectivity index (χ1n) is 7.12. The molecule has 18 heavy (non-hydrogen) atoms. The van der Waals surface area contributed by atoms with E-state index in [2.05, 4.69) is 19.9 Å². The van der Waals surface area contributed by atoms with Crippen molar-refractivity contribution in [3.05, 3.63) is 17.4 Å². The van der Waals surface area contributed by atoms with Gasteiger partial charge in [0.05, 0.1) is 12.2 Å². The highest BCUT2D eigenvalue weighted by Crippen LogP contribution is 2.26. The third-order valence-electron chi connectivity index (χ3n) is 3.98. The summed E-state index contributed by atoms with van der Waals surface area (Å²) in [7, 11) is 0. The van der Waals surface area contributed by atoms with E-state index >= 15 is 0 Å². The average Bonchev–Trinajstić information content (AvgIpc) is 2.35. The van der Waals surface area contributed by atoms with E-state index in [0.717, 1.165) is 44.4 Å². The standard InChI is InChI=1S/C14H24NO3/c1-11-3-7-13(8-4-11)17-15(16)18-14-9-5-12(2)6-10-14/h3,7,11-14H,4-6,8-10H2,1-2H3/q-1. The van der Waals surface area contributed by atoms with Crippen LogP contribution in [0.3, 0.4) is 0 Å². The fourth-order valence-electron chi connectivity index (χ4n) is 2.61. The van der Waals surface area contributed by atoms with E-state index in [4.69, 9.17) is 9.68 Å². The second-order valence-corrected chi connectivity index (χ2v) is 5.79. The maximum Gasteiger partial charge on any atom is 0.0989 e. The summed E-state index contributed by atoms with van der Waals surface area (Å²) in [6.45, 7) is 4.41. The Hall–Kier alpha value is -0.420. The lowest BCUT2D eigenvalue weighted by molar-refractivity contribution is -0.371. The molecular weight excluding hydrogens is 230 g/mol. The molecule has 0 aromatic rings. The fraction of sp³-hybridized carbons (Fsp3) is 0.857. The Morgan fingerprint density at radius 3 is 2.28 bits per heavy atom. The number of hydrogen-bond acceptors (Lipinski definition) is 4. The Balaban J connectivity index is 1.68. The van der Waals surface area contributed by atoms with E-state index < -0.39 is 0 Å². The van der Waals surface area contributed by atoms with Crippen molar-refractivity contribution < 1.29 is 9.68 Å². The summed E-state index contributed by atoms with van der Waals surface area (Å²) in [6.07, 6.45) is 10.1. The Morgan fingerprint density at radius 2 is 1.67 bits per heavy atom. The van der Waals surface area contributed by atoms with Crippen LogP contribution < -0.4 is 0 Å². The minimum atomic E-state index is -0.124. The smallest absolute Gasteiger partial charge is 0.0989 e. The number of allylic oxidation sites excluding steroid dienone is 1. The van der Waals surface area contributed by atoms with Crippen LogP contribution in [-0.4, -0.2) is 17.6 Å². The maximum atomic E-state index is 11.6. The van der Waals surface area contributed by atoms with E-state index in [1.807, 2.05) is 6.08 Å². The molecule has 4 heteroatoms. The summed E-state index contributed by atoms with van der Waals surface area (Å²) in [5, 5.41) is 11.9. The maximum absolute atomic E-state index is 11.6. The SMILES string of the molecule is CC1C=CC(ON([O-])OC2CCC(C)CC2)CC1. The first-order valence-corrected chi connectivity index (χ1v) is 7.12. The van der Waals surface area contributed by atoms with Crippen molar-refractivity contribution in [1.29, 1.82) is 0 Å². The molecule has 2 atom stereocenters. The summed E-state index contributed by atoms with van der Waals surface area (Å²) in [5.41, 5.74) is 0. The van der Waals surface area contributed by atoms with Gasteiger partial charge in [0, 0.05) is 0 Å². The highest BCUT2D eigenvalue weighted by atomic mass is 17.1. The molecule has 0 N–H and O–H groups in total. The molecule has 2 unspecified atom stereocenters. The van der Waals surface area contributed by atoms with Gasteiger partial charge in [-0.25, -0.2) is 0 Å². The molecule has 1 fully saturated rings. The topological polar surface area (TPSA) is 44.8 Å².